The van der Waals surface area contributed by atoms with Gasteiger partial charge in [-0.3, -0.25) is 9.59 Å². The minimum Gasteiger partial charge on any atom is -0.504 e. The van der Waals surface area contributed by atoms with Crippen LogP contribution < -0.4 is 10.2 Å². The Balaban J connectivity index is 1.90. The number of hydrogen-bond acceptors (Lipinski definition) is 6. The second kappa shape index (κ2) is 8.03. The lowest BCUT2D eigenvalue weighted by Gasteiger charge is -2.26. The molecule has 0 saturated carbocycles. The van der Waals surface area contributed by atoms with E-state index < -0.39 is 23.2 Å². The van der Waals surface area contributed by atoms with E-state index in [1.807, 2.05) is 19.0 Å². The van der Waals surface area contributed by atoms with Gasteiger partial charge in [-0.15, -0.1) is 0 Å². The molecule has 0 aliphatic carbocycles. The van der Waals surface area contributed by atoms with Crippen molar-refractivity contribution in [3.63, 3.8) is 0 Å². The van der Waals surface area contributed by atoms with Crippen molar-refractivity contribution in [2.24, 2.45) is 0 Å². The molecule has 0 saturated heterocycles. The van der Waals surface area contributed by atoms with Crippen LogP contribution in [0.15, 0.2) is 45.6 Å². The van der Waals surface area contributed by atoms with Crippen LogP contribution in [0.25, 0.3) is 11.0 Å². The second-order valence-electron chi connectivity index (χ2n) is 7.80. The van der Waals surface area contributed by atoms with Crippen LogP contribution in [0, 0.1) is 5.82 Å². The summed E-state index contributed by atoms with van der Waals surface area (Å²) in [6.45, 7) is 1.14. The van der Waals surface area contributed by atoms with Gasteiger partial charge in [-0.05, 0) is 63.0 Å². The van der Waals surface area contributed by atoms with E-state index in [0.717, 1.165) is 12.6 Å². The lowest BCUT2D eigenvalue weighted by atomic mass is 9.98. The summed E-state index contributed by atoms with van der Waals surface area (Å²) in [5.74, 6) is -0.819. The summed E-state index contributed by atoms with van der Waals surface area (Å²) < 4.78 is 24.8. The molecule has 1 atom stereocenters. The number of amides is 1. The van der Waals surface area contributed by atoms with E-state index in [-0.39, 0.29) is 33.8 Å². The van der Waals surface area contributed by atoms with Crippen molar-refractivity contribution in [2.75, 3.05) is 34.3 Å². The van der Waals surface area contributed by atoms with Crippen LogP contribution in [0.4, 0.5) is 4.39 Å². The Morgan fingerprint density at radius 3 is 2.68 bits per heavy atom. The van der Waals surface area contributed by atoms with Gasteiger partial charge in [0.15, 0.2) is 16.9 Å². The van der Waals surface area contributed by atoms with E-state index >= 15 is 0 Å². The van der Waals surface area contributed by atoms with Gasteiger partial charge in [0.2, 0.25) is 5.76 Å². The summed E-state index contributed by atoms with van der Waals surface area (Å²) in [4.78, 5) is 30.2. The number of benzene rings is 2. The van der Waals surface area contributed by atoms with Gasteiger partial charge in [0.1, 0.15) is 11.4 Å². The number of rotatable bonds is 6. The molecule has 0 bridgehead atoms. The molecule has 1 aliphatic rings. The quantitative estimate of drug-likeness (QED) is 0.652. The number of phenols is 1. The predicted octanol–water partition coefficient (Wildman–Crippen LogP) is 3.14. The van der Waals surface area contributed by atoms with Gasteiger partial charge in [-0.25, -0.2) is 4.39 Å². The zero-order chi connectivity index (χ0) is 22.3. The molecule has 1 N–H and O–H groups in total. The van der Waals surface area contributed by atoms with E-state index in [1.54, 1.807) is 17.0 Å². The third-order valence-electron chi connectivity index (χ3n) is 5.45. The molecule has 0 radical (unpaired) electrons. The number of methoxy groups -OCH3 is 1. The van der Waals surface area contributed by atoms with E-state index in [2.05, 4.69) is 0 Å². The van der Waals surface area contributed by atoms with Crippen molar-refractivity contribution < 1.29 is 23.4 Å². The number of carbonyl (C=O) groups excluding carboxylic acids is 1. The number of nitrogens with zero attached hydrogens (tertiary/aromatic N) is 2. The maximum atomic E-state index is 13.8. The first kappa shape index (κ1) is 20.9. The van der Waals surface area contributed by atoms with Gasteiger partial charge in [0, 0.05) is 6.54 Å². The van der Waals surface area contributed by atoms with Crippen LogP contribution in [0.5, 0.6) is 11.5 Å². The number of aromatic hydroxyl groups is 1. The van der Waals surface area contributed by atoms with E-state index in [9.17, 15) is 19.1 Å². The third kappa shape index (κ3) is 3.63. The van der Waals surface area contributed by atoms with Crippen LogP contribution >= 0.6 is 0 Å². The fraction of sp³-hybridized carbons (Fsp3) is 0.304. The Hall–Kier alpha value is -3.39. The van der Waals surface area contributed by atoms with Crippen LogP contribution in [0.1, 0.15) is 34.1 Å². The van der Waals surface area contributed by atoms with Crippen LogP contribution in [-0.4, -0.2) is 55.1 Å². The number of halogens is 1. The highest BCUT2D eigenvalue weighted by molar-refractivity contribution is 5.99. The molecule has 2 heterocycles. The van der Waals surface area contributed by atoms with Crippen molar-refractivity contribution >= 4 is 16.9 Å². The summed E-state index contributed by atoms with van der Waals surface area (Å²) in [6, 6.07) is 7.62. The summed E-state index contributed by atoms with van der Waals surface area (Å²) in [6.07, 6.45) is 0.681. The largest absolute Gasteiger partial charge is 0.504 e. The molecule has 4 rings (SSSR count). The van der Waals surface area contributed by atoms with Crippen molar-refractivity contribution in [1.29, 1.82) is 0 Å². The molecule has 2 aromatic carbocycles. The number of carbonyl (C=O) groups is 1. The maximum absolute atomic E-state index is 13.8. The Morgan fingerprint density at radius 2 is 1.97 bits per heavy atom. The smallest absolute Gasteiger partial charge is 0.290 e. The minimum absolute atomic E-state index is 0.0361. The van der Waals surface area contributed by atoms with Gasteiger partial charge in [-0.2, -0.15) is 0 Å². The normalized spacial score (nSPS) is 15.7. The van der Waals surface area contributed by atoms with Gasteiger partial charge in [0.05, 0.1) is 24.1 Å². The molecule has 0 fully saturated rings. The Kier molecular flexibility index (Phi) is 5.41. The zero-order valence-electron chi connectivity index (χ0n) is 17.5. The van der Waals surface area contributed by atoms with E-state index in [4.69, 9.17) is 9.15 Å². The standard InChI is InChI=1S/C23H23FN2O5/c1-25(2)9-4-10-26-20(13-5-7-16(27)18(11-13)30-3)19-21(28)15-12-14(24)6-8-17(15)31-22(19)23(26)29/h5-8,11-12,20,27H,4,9-10H2,1-3H3. The minimum atomic E-state index is -0.733. The second-order valence-corrected chi connectivity index (χ2v) is 7.80. The molecular weight excluding hydrogens is 403 g/mol. The van der Waals surface area contributed by atoms with Crippen molar-refractivity contribution in [3.8, 4) is 11.5 Å². The summed E-state index contributed by atoms with van der Waals surface area (Å²) in [5, 5.41) is 10.1. The number of fused-ring (bicyclic) bond motifs is 2. The SMILES string of the molecule is COc1cc(C2c3c(oc4ccc(F)cc4c3=O)C(=O)N2CCCN(C)C)ccc1O. The number of phenolic OH excluding ortho intramolecular Hbond substituents is 1. The Morgan fingerprint density at radius 1 is 1.19 bits per heavy atom. The summed E-state index contributed by atoms with van der Waals surface area (Å²) >= 11 is 0. The lowest BCUT2D eigenvalue weighted by molar-refractivity contribution is 0.0722. The van der Waals surface area contributed by atoms with Crippen molar-refractivity contribution in [3.05, 3.63) is 69.3 Å². The maximum Gasteiger partial charge on any atom is 0.290 e. The molecule has 1 amide bonds. The van der Waals surface area contributed by atoms with Crippen molar-refractivity contribution in [1.82, 2.24) is 9.80 Å². The van der Waals surface area contributed by atoms with Gasteiger partial charge in [0.25, 0.3) is 5.91 Å². The topological polar surface area (TPSA) is 83.2 Å². The van der Waals surface area contributed by atoms with Gasteiger partial charge >= 0.3 is 0 Å². The van der Waals surface area contributed by atoms with Gasteiger partial charge < -0.3 is 24.1 Å². The molecular formula is C23H23FN2O5. The Bertz CT molecular complexity index is 1220. The summed E-state index contributed by atoms with van der Waals surface area (Å²) in [5.41, 5.74) is 0.474. The first-order valence-electron chi connectivity index (χ1n) is 9.90. The van der Waals surface area contributed by atoms with E-state index in [0.29, 0.717) is 18.5 Å². The number of ether oxygens (including phenoxy) is 1. The lowest BCUT2D eigenvalue weighted by Crippen LogP contribution is -2.32. The first-order chi connectivity index (χ1) is 14.8. The third-order valence-corrected chi connectivity index (χ3v) is 5.45. The first-order valence-corrected chi connectivity index (χ1v) is 9.90. The molecule has 8 heteroatoms. The molecule has 7 nitrogen and oxygen atoms in total. The summed E-state index contributed by atoms with van der Waals surface area (Å²) in [7, 11) is 5.30. The zero-order valence-corrected chi connectivity index (χ0v) is 17.5. The molecule has 31 heavy (non-hydrogen) atoms. The molecule has 1 aromatic heterocycles. The van der Waals surface area contributed by atoms with Crippen molar-refractivity contribution in [2.45, 2.75) is 12.5 Å². The number of hydrogen-bond donors (Lipinski definition) is 1. The molecule has 1 unspecified atom stereocenters. The fourth-order valence-corrected chi connectivity index (χ4v) is 3.99. The predicted molar refractivity (Wildman–Crippen MR) is 113 cm³/mol. The average Bonchev–Trinajstić information content (AvgIpc) is 3.01. The van der Waals surface area contributed by atoms with Crippen LogP contribution in [0.2, 0.25) is 0 Å². The molecule has 1 aliphatic heterocycles. The average molecular weight is 426 g/mol. The van der Waals surface area contributed by atoms with Gasteiger partial charge in [-0.1, -0.05) is 6.07 Å². The van der Waals surface area contributed by atoms with Crippen LogP contribution in [-0.2, 0) is 0 Å². The Labute approximate surface area is 178 Å². The fourth-order valence-electron chi connectivity index (χ4n) is 3.99. The molecule has 162 valence electrons. The highest BCUT2D eigenvalue weighted by Gasteiger charge is 2.42. The van der Waals surface area contributed by atoms with Crippen LogP contribution in [0.3, 0.4) is 0 Å². The highest BCUT2D eigenvalue weighted by Crippen LogP contribution is 2.40. The van der Waals surface area contributed by atoms with E-state index in [1.165, 1.54) is 25.3 Å². The monoisotopic (exact) mass is 426 g/mol. The molecule has 0 spiro atoms. The molecule has 3 aromatic rings. The highest BCUT2D eigenvalue weighted by atomic mass is 19.1.